The maximum atomic E-state index is 12.8. The van der Waals surface area contributed by atoms with E-state index in [4.69, 9.17) is 9.84 Å². The lowest BCUT2D eigenvalue weighted by Crippen LogP contribution is -2.13. The first-order valence-corrected chi connectivity index (χ1v) is 8.77. The fourth-order valence-electron chi connectivity index (χ4n) is 2.75. The monoisotopic (exact) mass is 415 g/mol. The van der Waals surface area contributed by atoms with Crippen LogP contribution in [-0.4, -0.2) is 23.6 Å². The average molecular weight is 415 g/mol. The zero-order chi connectivity index (χ0) is 21.7. The Balaban J connectivity index is 1.78. The molecule has 0 radical (unpaired) electrons. The van der Waals surface area contributed by atoms with Gasteiger partial charge in [0.15, 0.2) is 6.61 Å². The summed E-state index contributed by atoms with van der Waals surface area (Å²) in [5, 5.41) is 11.3. The van der Waals surface area contributed by atoms with E-state index >= 15 is 0 Å². The van der Waals surface area contributed by atoms with E-state index in [9.17, 15) is 22.8 Å². The summed E-state index contributed by atoms with van der Waals surface area (Å²) in [6.07, 6.45) is -4.43. The molecule has 0 unspecified atom stereocenters. The fraction of sp³-hybridized carbons (Fsp3) is 0.0909. The van der Waals surface area contributed by atoms with Crippen molar-refractivity contribution >= 4 is 17.6 Å². The number of carboxylic acid groups (broad SMARTS) is 1. The molecule has 0 fully saturated rings. The number of carboxylic acids is 1. The number of rotatable bonds is 6. The van der Waals surface area contributed by atoms with Gasteiger partial charge in [-0.1, -0.05) is 30.3 Å². The molecule has 0 aromatic heterocycles. The molecule has 5 nitrogen and oxygen atoms in total. The molecule has 154 valence electrons. The summed E-state index contributed by atoms with van der Waals surface area (Å²) >= 11 is 0. The smallest absolute Gasteiger partial charge is 0.416 e. The summed E-state index contributed by atoms with van der Waals surface area (Å²) in [5.41, 5.74) is 0.947. The molecule has 0 aliphatic rings. The topological polar surface area (TPSA) is 75.6 Å². The molecule has 1 amide bonds. The van der Waals surface area contributed by atoms with Crippen molar-refractivity contribution in [3.63, 3.8) is 0 Å². The van der Waals surface area contributed by atoms with Crippen LogP contribution in [-0.2, 0) is 11.0 Å². The number of carbonyl (C=O) groups is 2. The van der Waals surface area contributed by atoms with Crippen LogP contribution in [0.25, 0.3) is 11.1 Å². The maximum Gasteiger partial charge on any atom is 0.416 e. The lowest BCUT2D eigenvalue weighted by Gasteiger charge is -2.12. The summed E-state index contributed by atoms with van der Waals surface area (Å²) in [4.78, 5) is 23.3. The van der Waals surface area contributed by atoms with Crippen molar-refractivity contribution in [2.75, 3.05) is 11.9 Å². The number of hydrogen-bond acceptors (Lipinski definition) is 3. The zero-order valence-corrected chi connectivity index (χ0v) is 15.4. The average Bonchev–Trinajstić information content (AvgIpc) is 2.72. The third-order valence-electron chi connectivity index (χ3n) is 4.17. The maximum absolute atomic E-state index is 12.8. The molecule has 0 bridgehead atoms. The molecule has 3 aromatic carbocycles. The van der Waals surface area contributed by atoms with E-state index in [1.165, 1.54) is 24.3 Å². The van der Waals surface area contributed by atoms with Crippen molar-refractivity contribution in [3.8, 4) is 16.9 Å². The van der Waals surface area contributed by atoms with Crippen LogP contribution in [0.15, 0.2) is 72.8 Å². The van der Waals surface area contributed by atoms with Crippen LogP contribution in [0.5, 0.6) is 5.75 Å². The lowest BCUT2D eigenvalue weighted by atomic mass is 9.98. The molecule has 0 saturated heterocycles. The van der Waals surface area contributed by atoms with Gasteiger partial charge in [-0.2, -0.15) is 13.2 Å². The largest absolute Gasteiger partial charge is 0.482 e. The molecule has 3 rings (SSSR count). The van der Waals surface area contributed by atoms with Crippen molar-refractivity contribution in [1.29, 1.82) is 0 Å². The molecule has 0 aliphatic carbocycles. The van der Waals surface area contributed by atoms with Crippen molar-refractivity contribution in [2.24, 2.45) is 0 Å². The van der Waals surface area contributed by atoms with Gasteiger partial charge in [0.1, 0.15) is 5.75 Å². The SMILES string of the molecule is O=C(O)COc1ccc(NC(=O)c2ccccc2-c2ccc(C(F)(F)F)cc2)cc1. The van der Waals surface area contributed by atoms with Crippen molar-refractivity contribution < 1.29 is 32.6 Å². The number of carbonyl (C=O) groups excluding carboxylic acids is 1. The number of halogens is 3. The van der Waals surface area contributed by atoms with E-state index < -0.39 is 30.2 Å². The van der Waals surface area contributed by atoms with E-state index in [0.29, 0.717) is 28.1 Å². The first kappa shape index (κ1) is 20.9. The molecule has 0 saturated carbocycles. The Labute approximate surface area is 169 Å². The predicted octanol–water partition coefficient (Wildman–Crippen LogP) is 5.09. The van der Waals surface area contributed by atoms with E-state index in [-0.39, 0.29) is 0 Å². The molecule has 8 heteroatoms. The fourth-order valence-corrected chi connectivity index (χ4v) is 2.75. The quantitative estimate of drug-likeness (QED) is 0.588. The normalized spacial score (nSPS) is 11.0. The highest BCUT2D eigenvalue weighted by Crippen LogP contribution is 2.32. The van der Waals surface area contributed by atoms with Crippen molar-refractivity contribution in [2.45, 2.75) is 6.18 Å². The van der Waals surface area contributed by atoms with Crippen molar-refractivity contribution in [3.05, 3.63) is 83.9 Å². The molecular weight excluding hydrogens is 399 g/mol. The van der Waals surface area contributed by atoms with Crippen LogP contribution in [0.4, 0.5) is 18.9 Å². The van der Waals surface area contributed by atoms with Gasteiger partial charge in [0.2, 0.25) is 0 Å². The van der Waals surface area contributed by atoms with Gasteiger partial charge in [-0.3, -0.25) is 4.79 Å². The number of hydrogen-bond donors (Lipinski definition) is 2. The number of ether oxygens (including phenoxy) is 1. The van der Waals surface area contributed by atoms with Crippen molar-refractivity contribution in [1.82, 2.24) is 0 Å². The third-order valence-corrected chi connectivity index (χ3v) is 4.17. The van der Waals surface area contributed by atoms with Gasteiger partial charge in [-0.05, 0) is 53.6 Å². The van der Waals surface area contributed by atoms with Gasteiger partial charge >= 0.3 is 12.1 Å². The zero-order valence-electron chi connectivity index (χ0n) is 15.4. The van der Waals surface area contributed by atoms with E-state index in [2.05, 4.69) is 5.32 Å². The summed E-state index contributed by atoms with van der Waals surface area (Å²) in [6, 6.07) is 17.3. The second-order valence-corrected chi connectivity index (χ2v) is 6.28. The summed E-state index contributed by atoms with van der Waals surface area (Å²) in [5.74, 6) is -1.21. The first-order valence-electron chi connectivity index (χ1n) is 8.77. The van der Waals surface area contributed by atoms with Gasteiger partial charge in [0, 0.05) is 11.3 Å². The number of nitrogens with one attached hydrogen (secondary N) is 1. The molecule has 30 heavy (non-hydrogen) atoms. The van der Waals surface area contributed by atoms with Crippen LogP contribution >= 0.6 is 0 Å². The highest BCUT2D eigenvalue weighted by molar-refractivity contribution is 6.08. The molecular formula is C22H16F3NO4. The third kappa shape index (κ3) is 5.16. The van der Waals surface area contributed by atoms with Crippen LogP contribution in [0.1, 0.15) is 15.9 Å². The highest BCUT2D eigenvalue weighted by atomic mass is 19.4. The Kier molecular flexibility index (Phi) is 6.06. The molecule has 0 aliphatic heterocycles. The van der Waals surface area contributed by atoms with Gasteiger partial charge in [-0.25, -0.2) is 4.79 Å². The number of benzene rings is 3. The first-order chi connectivity index (χ1) is 14.2. The summed E-state index contributed by atoms with van der Waals surface area (Å²) < 4.78 is 43.4. The van der Waals surface area contributed by atoms with Crippen LogP contribution in [0.2, 0.25) is 0 Å². The summed E-state index contributed by atoms with van der Waals surface area (Å²) in [6.45, 7) is -0.480. The van der Waals surface area contributed by atoms with E-state index in [0.717, 1.165) is 12.1 Å². The van der Waals surface area contributed by atoms with E-state index in [1.807, 2.05) is 0 Å². The van der Waals surface area contributed by atoms with Crippen LogP contribution in [0.3, 0.4) is 0 Å². The van der Waals surface area contributed by atoms with Gasteiger partial charge in [-0.15, -0.1) is 0 Å². The Morgan fingerprint density at radius 2 is 1.53 bits per heavy atom. The standard InChI is InChI=1S/C22H16F3NO4/c23-22(24,25)15-7-5-14(6-8-15)18-3-1-2-4-19(18)21(29)26-16-9-11-17(12-10-16)30-13-20(27)28/h1-12H,13H2,(H,26,29)(H,27,28). The second kappa shape index (κ2) is 8.69. The number of anilines is 1. The van der Waals surface area contributed by atoms with Crippen LogP contribution in [0, 0.1) is 0 Å². The summed E-state index contributed by atoms with van der Waals surface area (Å²) in [7, 11) is 0. The van der Waals surface area contributed by atoms with Crippen LogP contribution < -0.4 is 10.1 Å². The Morgan fingerprint density at radius 3 is 2.13 bits per heavy atom. The van der Waals surface area contributed by atoms with Gasteiger partial charge in [0.05, 0.1) is 5.56 Å². The molecule has 0 atom stereocenters. The molecule has 2 N–H and O–H groups in total. The number of aliphatic carboxylic acids is 1. The predicted molar refractivity (Wildman–Crippen MR) is 104 cm³/mol. The minimum atomic E-state index is -4.43. The van der Waals surface area contributed by atoms with Gasteiger partial charge in [0.25, 0.3) is 5.91 Å². The second-order valence-electron chi connectivity index (χ2n) is 6.28. The Morgan fingerprint density at radius 1 is 0.900 bits per heavy atom. The molecule has 0 heterocycles. The molecule has 0 spiro atoms. The lowest BCUT2D eigenvalue weighted by molar-refractivity contribution is -0.139. The van der Waals surface area contributed by atoms with Gasteiger partial charge < -0.3 is 15.2 Å². The minimum absolute atomic E-state index is 0.295. The Hall–Kier alpha value is -3.81. The number of alkyl halides is 3. The Bertz CT molecular complexity index is 1050. The molecule has 3 aromatic rings. The minimum Gasteiger partial charge on any atom is -0.482 e. The van der Waals surface area contributed by atoms with E-state index in [1.54, 1.807) is 36.4 Å². The highest BCUT2D eigenvalue weighted by Gasteiger charge is 2.30. The number of amides is 1.